The van der Waals surface area contributed by atoms with Crippen molar-refractivity contribution in [1.82, 2.24) is 0 Å². The highest BCUT2D eigenvalue weighted by molar-refractivity contribution is 7.86. The zero-order chi connectivity index (χ0) is 16.5. The van der Waals surface area contributed by atoms with E-state index in [9.17, 15) is 21.4 Å². The minimum atomic E-state index is -4.47. The third-order valence-corrected chi connectivity index (χ3v) is 4.65. The molecule has 0 fully saturated rings. The molecule has 0 saturated heterocycles. The second kappa shape index (κ2) is 5.81. The molecule has 6 nitrogen and oxygen atoms in total. The molecule has 2 aromatic carbocycles. The monoisotopic (exact) mass is 342 g/mol. The van der Waals surface area contributed by atoms with Crippen LogP contribution in [0.3, 0.4) is 0 Å². The Morgan fingerprint density at radius 2 is 1.55 bits per heavy atom. The minimum absolute atomic E-state index is 0.182. The Morgan fingerprint density at radius 3 is 2.14 bits per heavy atom. The van der Waals surface area contributed by atoms with Gasteiger partial charge in [0.25, 0.3) is 20.2 Å². The second-order valence-corrected chi connectivity index (χ2v) is 7.70. The van der Waals surface area contributed by atoms with E-state index in [0.717, 1.165) is 5.56 Å². The average molecular weight is 342 g/mol. The normalized spacial score (nSPS) is 12.3. The molecule has 2 rings (SSSR count). The van der Waals surface area contributed by atoms with Gasteiger partial charge in [-0.2, -0.15) is 16.8 Å². The molecule has 0 amide bonds. The Bertz CT molecular complexity index is 914. The Balaban J connectivity index is 2.75. The van der Waals surface area contributed by atoms with Gasteiger partial charge in [-0.25, -0.2) is 0 Å². The Labute approximate surface area is 128 Å². The van der Waals surface area contributed by atoms with Crippen LogP contribution < -0.4 is 0 Å². The lowest BCUT2D eigenvalue weighted by Crippen LogP contribution is -2.05. The van der Waals surface area contributed by atoms with E-state index < -0.39 is 26.0 Å². The van der Waals surface area contributed by atoms with Crippen molar-refractivity contribution in [3.63, 3.8) is 0 Å². The van der Waals surface area contributed by atoms with E-state index in [0.29, 0.717) is 5.56 Å². The topological polar surface area (TPSA) is 109 Å². The van der Waals surface area contributed by atoms with Crippen LogP contribution in [-0.2, 0) is 26.0 Å². The summed E-state index contributed by atoms with van der Waals surface area (Å²) in [6.45, 7) is 1.74. The fourth-order valence-electron chi connectivity index (χ4n) is 2.18. The zero-order valence-electron chi connectivity index (χ0n) is 11.6. The first-order valence-electron chi connectivity index (χ1n) is 6.19. The van der Waals surface area contributed by atoms with Gasteiger partial charge in [0.2, 0.25) is 0 Å². The van der Waals surface area contributed by atoms with Crippen LogP contribution in [0.15, 0.2) is 47.4 Å². The molecule has 0 aromatic heterocycles. The van der Waals surface area contributed by atoms with Crippen LogP contribution in [0.2, 0.25) is 0 Å². The first kappa shape index (κ1) is 16.6. The van der Waals surface area contributed by atoms with Gasteiger partial charge in [0.05, 0.1) is 0 Å². The molecule has 8 heteroatoms. The molecular formula is C14H14O6S2. The van der Waals surface area contributed by atoms with E-state index in [-0.39, 0.29) is 16.0 Å². The third kappa shape index (κ3) is 3.92. The summed E-state index contributed by atoms with van der Waals surface area (Å²) in [5.41, 5.74) is 1.47. The summed E-state index contributed by atoms with van der Waals surface area (Å²) in [5, 5.41) is 0. The zero-order valence-corrected chi connectivity index (χ0v) is 13.2. The Kier molecular flexibility index (Phi) is 4.39. The summed E-state index contributed by atoms with van der Waals surface area (Å²) in [4.78, 5) is -0.319. The van der Waals surface area contributed by atoms with Gasteiger partial charge in [-0.1, -0.05) is 42.0 Å². The molecule has 2 aromatic rings. The smallest absolute Gasteiger partial charge is 0.285 e. The van der Waals surface area contributed by atoms with Crippen LogP contribution in [0.1, 0.15) is 11.1 Å². The Morgan fingerprint density at radius 1 is 0.909 bits per heavy atom. The Hall–Kier alpha value is -1.74. The highest BCUT2D eigenvalue weighted by Crippen LogP contribution is 2.31. The molecule has 0 bridgehead atoms. The molecular weight excluding hydrogens is 328 g/mol. The van der Waals surface area contributed by atoms with E-state index in [1.54, 1.807) is 19.1 Å². The number of hydrogen-bond acceptors (Lipinski definition) is 4. The molecule has 0 atom stereocenters. The van der Waals surface area contributed by atoms with Crippen molar-refractivity contribution in [2.24, 2.45) is 0 Å². The standard InChI is InChI=1S/C14H14O6S2/c1-10-6-7-14(22(18,19)20)13(8-10)12-5-3-2-4-11(12)9-21(15,16)17/h2-8H,9H2,1H3,(H,15,16,17)(H,18,19,20). The molecule has 0 saturated carbocycles. The van der Waals surface area contributed by atoms with Crippen LogP contribution in [-0.4, -0.2) is 25.9 Å². The molecule has 0 aliphatic heterocycles. The van der Waals surface area contributed by atoms with Gasteiger partial charge >= 0.3 is 0 Å². The van der Waals surface area contributed by atoms with Crippen molar-refractivity contribution in [2.75, 3.05) is 0 Å². The molecule has 118 valence electrons. The van der Waals surface area contributed by atoms with E-state index in [4.69, 9.17) is 4.55 Å². The van der Waals surface area contributed by atoms with Crippen molar-refractivity contribution in [3.05, 3.63) is 53.6 Å². The summed E-state index contributed by atoms with van der Waals surface area (Å²) in [6, 6.07) is 10.5. The maximum atomic E-state index is 11.5. The summed E-state index contributed by atoms with van der Waals surface area (Å²) >= 11 is 0. The number of aryl methyl sites for hydroxylation is 1. The molecule has 2 N–H and O–H groups in total. The molecule has 22 heavy (non-hydrogen) atoms. The van der Waals surface area contributed by atoms with Gasteiger partial charge in [0, 0.05) is 5.56 Å². The van der Waals surface area contributed by atoms with E-state index in [1.807, 2.05) is 0 Å². The van der Waals surface area contributed by atoms with Crippen molar-refractivity contribution >= 4 is 20.2 Å². The maximum Gasteiger partial charge on any atom is 0.295 e. The van der Waals surface area contributed by atoms with E-state index >= 15 is 0 Å². The van der Waals surface area contributed by atoms with Crippen LogP contribution >= 0.6 is 0 Å². The van der Waals surface area contributed by atoms with Gasteiger partial charge in [-0.05, 0) is 24.1 Å². The fraction of sp³-hybridized carbons (Fsp3) is 0.143. The van der Waals surface area contributed by atoms with Gasteiger partial charge in [0.1, 0.15) is 10.6 Å². The fourth-order valence-corrected chi connectivity index (χ4v) is 3.52. The first-order chi connectivity index (χ1) is 10.1. The van der Waals surface area contributed by atoms with Gasteiger partial charge in [0.15, 0.2) is 0 Å². The van der Waals surface area contributed by atoms with E-state index in [2.05, 4.69) is 0 Å². The largest absolute Gasteiger partial charge is 0.295 e. The molecule has 0 unspecified atom stereocenters. The predicted octanol–water partition coefficient (Wildman–Crippen LogP) is 2.30. The maximum absolute atomic E-state index is 11.5. The summed E-state index contributed by atoms with van der Waals surface area (Å²) in [6.07, 6.45) is 0. The molecule has 0 radical (unpaired) electrons. The van der Waals surface area contributed by atoms with Crippen LogP contribution in [0.5, 0.6) is 0 Å². The van der Waals surface area contributed by atoms with Crippen molar-refractivity contribution in [1.29, 1.82) is 0 Å². The highest BCUT2D eigenvalue weighted by atomic mass is 32.2. The summed E-state index contributed by atoms with van der Waals surface area (Å²) in [5.74, 6) is -0.651. The highest BCUT2D eigenvalue weighted by Gasteiger charge is 2.20. The molecule has 0 spiro atoms. The summed E-state index contributed by atoms with van der Waals surface area (Å²) < 4.78 is 63.7. The SMILES string of the molecule is Cc1ccc(S(=O)(=O)O)c(-c2ccccc2CS(=O)(=O)O)c1. The predicted molar refractivity (Wildman–Crippen MR) is 81.7 cm³/mol. The van der Waals surface area contributed by atoms with Crippen LogP contribution in [0.4, 0.5) is 0 Å². The van der Waals surface area contributed by atoms with Gasteiger partial charge in [-0.15, -0.1) is 0 Å². The average Bonchev–Trinajstić information content (AvgIpc) is 2.35. The van der Waals surface area contributed by atoms with Gasteiger partial charge in [-0.3, -0.25) is 9.11 Å². The van der Waals surface area contributed by atoms with Crippen molar-refractivity contribution in [2.45, 2.75) is 17.6 Å². The molecule has 0 aliphatic rings. The van der Waals surface area contributed by atoms with Crippen molar-refractivity contribution < 1.29 is 25.9 Å². The number of benzene rings is 2. The summed E-state index contributed by atoms with van der Waals surface area (Å²) in [7, 11) is -8.75. The lowest BCUT2D eigenvalue weighted by Gasteiger charge is -2.12. The van der Waals surface area contributed by atoms with Crippen LogP contribution in [0.25, 0.3) is 11.1 Å². The lowest BCUT2D eigenvalue weighted by atomic mass is 9.99. The lowest BCUT2D eigenvalue weighted by molar-refractivity contribution is 0.481. The first-order valence-corrected chi connectivity index (χ1v) is 9.24. The van der Waals surface area contributed by atoms with Crippen LogP contribution in [0, 0.1) is 6.92 Å². The number of rotatable bonds is 4. The number of hydrogen-bond donors (Lipinski definition) is 2. The van der Waals surface area contributed by atoms with E-state index in [1.165, 1.54) is 30.3 Å². The van der Waals surface area contributed by atoms with Gasteiger partial charge < -0.3 is 0 Å². The second-order valence-electron chi connectivity index (χ2n) is 4.86. The van der Waals surface area contributed by atoms with Crippen molar-refractivity contribution in [3.8, 4) is 11.1 Å². The third-order valence-electron chi connectivity index (χ3n) is 3.06. The minimum Gasteiger partial charge on any atom is -0.285 e. The molecule has 0 heterocycles. The molecule has 0 aliphatic carbocycles. The quantitative estimate of drug-likeness (QED) is 0.825.